The van der Waals surface area contributed by atoms with Gasteiger partial charge in [0, 0.05) is 46.5 Å². The number of urea groups is 1. The van der Waals surface area contributed by atoms with Gasteiger partial charge in [-0.3, -0.25) is 19.1 Å². The lowest BCUT2D eigenvalue weighted by atomic mass is 9.97. The van der Waals surface area contributed by atoms with Crippen LogP contribution in [0, 0.1) is 11.8 Å². The molecule has 2 saturated carbocycles. The van der Waals surface area contributed by atoms with Crippen molar-refractivity contribution in [2.75, 3.05) is 13.7 Å². The van der Waals surface area contributed by atoms with Crippen LogP contribution in [0.25, 0.3) is 28.2 Å². The molecule has 1 saturated heterocycles. The van der Waals surface area contributed by atoms with Crippen molar-refractivity contribution in [3.8, 4) is 22.8 Å². The lowest BCUT2D eigenvalue weighted by molar-refractivity contribution is -0.141. The van der Waals surface area contributed by atoms with Crippen molar-refractivity contribution in [3.63, 3.8) is 0 Å². The smallest absolute Gasteiger partial charge is 0.315 e. The van der Waals surface area contributed by atoms with Crippen LogP contribution in [0.2, 0.25) is 0 Å². The summed E-state index contributed by atoms with van der Waals surface area (Å²) in [4.78, 5) is 62.6. The summed E-state index contributed by atoms with van der Waals surface area (Å²) in [5, 5.41) is 8.76. The van der Waals surface area contributed by atoms with Crippen molar-refractivity contribution in [1.82, 2.24) is 30.6 Å². The fourth-order valence-corrected chi connectivity index (χ4v) is 9.23. The molecule has 0 radical (unpaired) electrons. The summed E-state index contributed by atoms with van der Waals surface area (Å²) >= 11 is 0. The average Bonchev–Trinajstić information content (AvgIpc) is 4.11. The second-order valence-corrected chi connectivity index (χ2v) is 18.8. The van der Waals surface area contributed by atoms with Gasteiger partial charge in [-0.05, 0) is 57.9 Å². The van der Waals surface area contributed by atoms with Gasteiger partial charge in [-0.25, -0.2) is 18.2 Å². The molecule has 4 N–H and O–H groups in total. The fourth-order valence-electron chi connectivity index (χ4n) is 7.87. The van der Waals surface area contributed by atoms with Gasteiger partial charge in [-0.2, -0.15) is 0 Å². The Morgan fingerprint density at radius 2 is 1.86 bits per heavy atom. The molecule has 0 spiro atoms. The van der Waals surface area contributed by atoms with Crippen LogP contribution in [0.15, 0.2) is 67.3 Å². The third-order valence-electron chi connectivity index (χ3n) is 11.5. The van der Waals surface area contributed by atoms with E-state index in [-0.39, 0.29) is 25.3 Å². The number of carbonyl (C=O) groups excluding carboxylic acids is 4. The van der Waals surface area contributed by atoms with Crippen molar-refractivity contribution in [1.29, 1.82) is 0 Å². The molecule has 1 aromatic heterocycles. The van der Waals surface area contributed by atoms with E-state index in [9.17, 15) is 27.6 Å². The van der Waals surface area contributed by atoms with Gasteiger partial charge in [0.15, 0.2) is 0 Å². The van der Waals surface area contributed by atoms with Crippen molar-refractivity contribution in [3.05, 3.63) is 72.8 Å². The number of nitrogens with one attached hydrogen (secondary N) is 4. The molecule has 0 unspecified atom stereocenters. The van der Waals surface area contributed by atoms with Gasteiger partial charge >= 0.3 is 6.03 Å². The molecular weight excluding hydrogens is 761 g/mol. The van der Waals surface area contributed by atoms with E-state index in [0.29, 0.717) is 53.8 Å². The van der Waals surface area contributed by atoms with E-state index in [2.05, 4.69) is 27.3 Å². The number of ether oxygens (including phenoxy) is 2. The Labute approximate surface area is 339 Å². The number of sulfonamides is 1. The van der Waals surface area contributed by atoms with E-state index in [4.69, 9.17) is 14.5 Å². The molecular formula is C43H52N6O8S. The predicted octanol–water partition coefficient (Wildman–Crippen LogP) is 4.84. The van der Waals surface area contributed by atoms with Gasteiger partial charge in [0.1, 0.15) is 35.2 Å². The monoisotopic (exact) mass is 812 g/mol. The molecule has 5 atom stereocenters. The molecule has 2 aromatic carbocycles. The molecule has 3 aromatic rings. The van der Waals surface area contributed by atoms with Crippen molar-refractivity contribution in [2.45, 2.75) is 101 Å². The molecule has 4 aliphatic rings. The number of pyridine rings is 1. The standard InChI is InChI=1S/C43H52N6O8S/c1-7-28-23-43(28,40(52)48-58(54,55)30-16-17-30)46-38(50)34-20-29-24-49(34)39(51)37(25(2)3)45-41(53)47-42(4,5)18-12-11-15-27-19-31-33(22-35(27)56-6)44-32(21-36(31)57-29)26-13-9-8-10-14-26/h7-11,13-15,19,21-22,25,28-30,34,37H,1,12,16-18,20,23-24H2,2-6H3,(H,46,50)(H,48,52)(H2,45,47,53)/b15-11+/t28-,29+,34-,37-,43+/m0/s1. The summed E-state index contributed by atoms with van der Waals surface area (Å²) in [5.41, 5.74) is 0.694. The summed E-state index contributed by atoms with van der Waals surface area (Å²) in [6.45, 7) is 11.2. The number of carbonyl (C=O) groups is 4. The zero-order valence-electron chi connectivity index (χ0n) is 33.5. The Kier molecular flexibility index (Phi) is 11.0. The molecule has 58 heavy (non-hydrogen) atoms. The number of rotatable bonds is 9. The Morgan fingerprint density at radius 3 is 2.52 bits per heavy atom. The van der Waals surface area contributed by atoms with Crippen molar-refractivity contribution >= 4 is 50.8 Å². The number of hydrogen-bond acceptors (Lipinski definition) is 9. The number of hydrogen-bond donors (Lipinski definition) is 4. The Hall–Kier alpha value is -5.44. The maximum Gasteiger partial charge on any atom is 0.315 e. The normalized spacial score (nSPS) is 26.4. The van der Waals surface area contributed by atoms with Crippen molar-refractivity contribution < 1.29 is 37.1 Å². The molecule has 14 nitrogen and oxygen atoms in total. The van der Waals surface area contributed by atoms with Crippen LogP contribution in [0.3, 0.4) is 0 Å². The number of benzene rings is 2. The minimum atomic E-state index is -3.91. The van der Waals surface area contributed by atoms with Gasteiger partial charge in [0.25, 0.3) is 5.91 Å². The van der Waals surface area contributed by atoms with Gasteiger partial charge < -0.3 is 30.3 Å². The van der Waals surface area contributed by atoms with Crippen LogP contribution in [0.5, 0.6) is 11.5 Å². The second-order valence-electron chi connectivity index (χ2n) is 16.8. The first-order chi connectivity index (χ1) is 27.5. The van der Waals surface area contributed by atoms with Crippen LogP contribution < -0.4 is 30.1 Å². The van der Waals surface area contributed by atoms with E-state index in [1.807, 2.05) is 88.4 Å². The second kappa shape index (κ2) is 15.7. The molecule has 3 heterocycles. The molecule has 15 heteroatoms. The largest absolute Gasteiger partial charge is 0.496 e. The number of amides is 5. The molecule has 7 rings (SSSR count). The van der Waals surface area contributed by atoms with Crippen LogP contribution in [-0.4, -0.2) is 90.2 Å². The highest BCUT2D eigenvalue weighted by Gasteiger charge is 2.62. The molecule has 2 aliphatic carbocycles. The van der Waals surface area contributed by atoms with Crippen LogP contribution in [-0.2, 0) is 24.4 Å². The molecule has 3 fully saturated rings. The van der Waals surface area contributed by atoms with E-state index in [0.717, 1.165) is 11.1 Å². The number of methoxy groups -OCH3 is 1. The SMILES string of the molecule is C=C[C@H]1C[C@]1(NC(=O)[C@@H]1C[C@@H]2CN1C(=O)[C@H](C(C)C)NC(=O)NC(C)(C)CC/C=C/c1cc3c(cc(-c4ccccc4)nc3cc1OC)O2)C(=O)NS(=O)(=O)C1CC1. The molecule has 2 aliphatic heterocycles. The van der Waals surface area contributed by atoms with Gasteiger partial charge in [0.05, 0.1) is 30.1 Å². The quantitative estimate of drug-likeness (QED) is 0.220. The average molecular weight is 813 g/mol. The fraction of sp³-hybridized carbons (Fsp3) is 0.465. The Bertz CT molecular complexity index is 2270. The van der Waals surface area contributed by atoms with Crippen LogP contribution in [0.1, 0.15) is 71.8 Å². The lowest BCUT2D eigenvalue weighted by Gasteiger charge is -2.32. The molecule has 308 valence electrons. The third-order valence-corrected chi connectivity index (χ3v) is 13.3. The topological polar surface area (TPSA) is 185 Å². The highest BCUT2D eigenvalue weighted by Crippen LogP contribution is 2.46. The molecule has 4 bridgehead atoms. The van der Waals surface area contributed by atoms with Crippen molar-refractivity contribution in [2.24, 2.45) is 11.8 Å². The Morgan fingerprint density at radius 1 is 1.12 bits per heavy atom. The third kappa shape index (κ3) is 8.40. The zero-order chi connectivity index (χ0) is 41.6. The van der Waals surface area contributed by atoms with E-state index >= 15 is 0 Å². The predicted molar refractivity (Wildman–Crippen MR) is 220 cm³/mol. The first-order valence-electron chi connectivity index (χ1n) is 19.9. The van der Waals surface area contributed by atoms with Gasteiger partial charge in [-0.15, -0.1) is 6.58 Å². The maximum atomic E-state index is 14.6. The lowest BCUT2D eigenvalue weighted by Crippen LogP contribution is -2.60. The number of nitrogens with zero attached hydrogens (tertiary/aromatic N) is 2. The first-order valence-corrected chi connectivity index (χ1v) is 21.4. The van der Waals surface area contributed by atoms with Crippen LogP contribution >= 0.6 is 0 Å². The Balaban J connectivity index is 1.29. The summed E-state index contributed by atoms with van der Waals surface area (Å²) < 4.78 is 40.4. The number of allylic oxidation sites excluding steroid dienone is 1. The van der Waals surface area contributed by atoms with E-state index in [1.165, 1.54) is 11.0 Å². The molecule has 5 amide bonds. The summed E-state index contributed by atoms with van der Waals surface area (Å²) in [6.07, 6.45) is 7.09. The van der Waals surface area contributed by atoms with E-state index in [1.54, 1.807) is 7.11 Å². The number of aromatic nitrogens is 1. The summed E-state index contributed by atoms with van der Waals surface area (Å²) in [7, 11) is -2.31. The highest BCUT2D eigenvalue weighted by molar-refractivity contribution is 7.91. The van der Waals surface area contributed by atoms with Crippen LogP contribution in [0.4, 0.5) is 4.79 Å². The first kappa shape index (κ1) is 40.7. The zero-order valence-corrected chi connectivity index (χ0v) is 34.4. The highest BCUT2D eigenvalue weighted by atomic mass is 32.2. The van der Waals surface area contributed by atoms with Gasteiger partial charge in [0.2, 0.25) is 21.8 Å². The summed E-state index contributed by atoms with van der Waals surface area (Å²) in [6, 6.07) is 12.6. The summed E-state index contributed by atoms with van der Waals surface area (Å²) in [5.74, 6) is -1.80. The maximum absolute atomic E-state index is 14.6. The van der Waals surface area contributed by atoms with Gasteiger partial charge in [-0.1, -0.05) is 62.4 Å². The minimum Gasteiger partial charge on any atom is -0.496 e. The number of fused-ring (bicyclic) bond motifs is 3. The minimum absolute atomic E-state index is 0.0253. The van der Waals surface area contributed by atoms with E-state index < -0.39 is 74.2 Å².